The van der Waals surface area contributed by atoms with Crippen molar-refractivity contribution >= 4 is 46.6 Å². The van der Waals surface area contributed by atoms with Crippen LogP contribution in [0.2, 0.25) is 10.0 Å². The molecule has 0 unspecified atom stereocenters. The van der Waals surface area contributed by atoms with Gasteiger partial charge < -0.3 is 4.42 Å². The van der Waals surface area contributed by atoms with Gasteiger partial charge in [0.2, 0.25) is 0 Å². The molecule has 0 spiro atoms. The van der Waals surface area contributed by atoms with E-state index in [0.29, 0.717) is 27.1 Å². The lowest BCUT2D eigenvalue weighted by Crippen LogP contribution is -2.25. The van der Waals surface area contributed by atoms with E-state index in [9.17, 15) is 4.79 Å². The van der Waals surface area contributed by atoms with Crippen molar-refractivity contribution < 1.29 is 9.21 Å². The van der Waals surface area contributed by atoms with Crippen LogP contribution >= 0.6 is 23.2 Å². The average Bonchev–Trinajstić information content (AvgIpc) is 3.46. The summed E-state index contributed by atoms with van der Waals surface area (Å²) in [6.45, 7) is 6.53. The first-order chi connectivity index (χ1) is 17.2. The first kappa shape index (κ1) is 24.2. The zero-order valence-corrected chi connectivity index (χ0v) is 21.8. The second-order valence-electron chi connectivity index (χ2n) is 9.76. The molecule has 0 atom stereocenters. The Morgan fingerprint density at radius 2 is 1.53 bits per heavy atom. The second-order valence-corrected chi connectivity index (χ2v) is 10.6. The van der Waals surface area contributed by atoms with E-state index in [0.717, 1.165) is 22.5 Å². The molecule has 3 aromatic carbocycles. The third-order valence-corrected chi connectivity index (χ3v) is 6.91. The highest BCUT2D eigenvalue weighted by molar-refractivity contribution is 6.42. The first-order valence-electron chi connectivity index (χ1n) is 11.7. The summed E-state index contributed by atoms with van der Waals surface area (Å²) in [5, 5.41) is 0.945. The molecule has 1 aromatic heterocycles. The molecule has 0 bridgehead atoms. The molecule has 36 heavy (non-hydrogen) atoms. The van der Waals surface area contributed by atoms with Gasteiger partial charge in [0.1, 0.15) is 11.5 Å². The number of amides is 1. The number of carbonyl (C=O) groups excluding carboxylic acids is 1. The van der Waals surface area contributed by atoms with Crippen LogP contribution < -0.4 is 4.90 Å². The Bertz CT molecular complexity index is 1490. The number of nitrogens with zero attached hydrogens (tertiary/aromatic N) is 1. The summed E-state index contributed by atoms with van der Waals surface area (Å²) in [6.07, 6.45) is 3.69. The van der Waals surface area contributed by atoms with Crippen LogP contribution in [0.25, 0.3) is 23.1 Å². The second kappa shape index (κ2) is 9.50. The predicted octanol–water partition coefficient (Wildman–Crippen LogP) is 9.02. The summed E-state index contributed by atoms with van der Waals surface area (Å²) in [7, 11) is 0. The molecule has 2 heterocycles. The van der Waals surface area contributed by atoms with Gasteiger partial charge in [-0.1, -0.05) is 86.4 Å². The molecule has 0 radical (unpaired) electrons. The SMILES string of the molecule is CC(C)(C)c1ccc(N2C(=O)C(=Cc3ccc(-c4ccc(Cl)c(Cl)c4)o3)C=C2c2ccccc2)cc1. The van der Waals surface area contributed by atoms with Crippen molar-refractivity contribution in [1.82, 2.24) is 0 Å². The number of hydrogen-bond donors (Lipinski definition) is 0. The van der Waals surface area contributed by atoms with E-state index in [-0.39, 0.29) is 11.3 Å². The van der Waals surface area contributed by atoms with Crippen LogP contribution in [0.1, 0.15) is 37.7 Å². The number of carbonyl (C=O) groups is 1. The molecule has 3 nitrogen and oxygen atoms in total. The molecule has 4 aromatic rings. The highest BCUT2D eigenvalue weighted by Gasteiger charge is 2.31. The van der Waals surface area contributed by atoms with Gasteiger partial charge in [-0.25, -0.2) is 0 Å². The predicted molar refractivity (Wildman–Crippen MR) is 149 cm³/mol. The smallest absolute Gasteiger partial charge is 0.263 e. The first-order valence-corrected chi connectivity index (χ1v) is 12.5. The fraction of sp³-hybridized carbons (Fsp3) is 0.129. The van der Waals surface area contributed by atoms with Crippen LogP contribution in [0.15, 0.2) is 101 Å². The molecule has 1 aliphatic rings. The van der Waals surface area contributed by atoms with Gasteiger partial charge in [0.15, 0.2) is 0 Å². The van der Waals surface area contributed by atoms with Gasteiger partial charge in [-0.15, -0.1) is 0 Å². The van der Waals surface area contributed by atoms with E-state index in [1.807, 2.05) is 66.7 Å². The van der Waals surface area contributed by atoms with Crippen molar-refractivity contribution in [1.29, 1.82) is 0 Å². The summed E-state index contributed by atoms with van der Waals surface area (Å²) in [4.78, 5) is 15.4. The van der Waals surface area contributed by atoms with E-state index in [2.05, 4.69) is 32.9 Å². The van der Waals surface area contributed by atoms with Crippen molar-refractivity contribution in [2.45, 2.75) is 26.2 Å². The monoisotopic (exact) mass is 513 g/mol. The van der Waals surface area contributed by atoms with Gasteiger partial charge in [-0.3, -0.25) is 9.69 Å². The van der Waals surface area contributed by atoms with Crippen molar-refractivity contribution in [2.24, 2.45) is 0 Å². The van der Waals surface area contributed by atoms with Gasteiger partial charge in [0, 0.05) is 16.8 Å². The van der Waals surface area contributed by atoms with Crippen molar-refractivity contribution in [3.63, 3.8) is 0 Å². The molecule has 1 amide bonds. The van der Waals surface area contributed by atoms with Crippen LogP contribution in [-0.4, -0.2) is 5.91 Å². The summed E-state index contributed by atoms with van der Waals surface area (Å²) < 4.78 is 6.03. The lowest BCUT2D eigenvalue weighted by atomic mass is 9.87. The summed E-state index contributed by atoms with van der Waals surface area (Å²) in [6, 6.07) is 27.2. The minimum atomic E-state index is -0.107. The molecule has 5 rings (SSSR count). The van der Waals surface area contributed by atoms with Gasteiger partial charge in [0.25, 0.3) is 5.91 Å². The lowest BCUT2D eigenvalue weighted by molar-refractivity contribution is -0.113. The third kappa shape index (κ3) is 4.77. The van der Waals surface area contributed by atoms with E-state index < -0.39 is 0 Å². The number of furan rings is 1. The van der Waals surface area contributed by atoms with Crippen molar-refractivity contribution in [3.05, 3.63) is 124 Å². The molecule has 0 N–H and O–H groups in total. The van der Waals surface area contributed by atoms with Gasteiger partial charge >= 0.3 is 0 Å². The zero-order valence-electron chi connectivity index (χ0n) is 20.3. The Morgan fingerprint density at radius 3 is 2.19 bits per heavy atom. The Hall–Kier alpha value is -3.53. The number of hydrogen-bond acceptors (Lipinski definition) is 2. The molecule has 0 aliphatic carbocycles. The zero-order chi connectivity index (χ0) is 25.4. The fourth-order valence-electron chi connectivity index (χ4n) is 4.19. The Kier molecular flexibility index (Phi) is 6.38. The topological polar surface area (TPSA) is 33.5 Å². The van der Waals surface area contributed by atoms with Crippen LogP contribution in [0.5, 0.6) is 0 Å². The largest absolute Gasteiger partial charge is 0.457 e. The van der Waals surface area contributed by atoms with Crippen LogP contribution in [0.4, 0.5) is 5.69 Å². The van der Waals surface area contributed by atoms with E-state index >= 15 is 0 Å². The number of anilines is 1. The molecule has 0 saturated carbocycles. The highest BCUT2D eigenvalue weighted by Crippen LogP contribution is 2.37. The fourth-order valence-corrected chi connectivity index (χ4v) is 4.49. The van der Waals surface area contributed by atoms with E-state index in [4.69, 9.17) is 27.6 Å². The van der Waals surface area contributed by atoms with Gasteiger partial charge in [0.05, 0.1) is 15.7 Å². The quantitative estimate of drug-likeness (QED) is 0.255. The summed E-state index contributed by atoms with van der Waals surface area (Å²) in [5.74, 6) is 1.12. The molecular weight excluding hydrogens is 489 g/mol. The lowest BCUT2D eigenvalue weighted by Gasteiger charge is -2.23. The van der Waals surface area contributed by atoms with Gasteiger partial charge in [-0.05, 0) is 71.2 Å². The minimum Gasteiger partial charge on any atom is -0.457 e. The van der Waals surface area contributed by atoms with Crippen LogP contribution in [0.3, 0.4) is 0 Å². The molecule has 0 saturated heterocycles. The normalized spacial score (nSPS) is 15.0. The van der Waals surface area contributed by atoms with Gasteiger partial charge in [-0.2, -0.15) is 0 Å². The van der Waals surface area contributed by atoms with Crippen LogP contribution in [-0.2, 0) is 10.2 Å². The minimum absolute atomic E-state index is 0.0298. The summed E-state index contributed by atoms with van der Waals surface area (Å²) in [5.41, 5.74) is 5.21. The maximum absolute atomic E-state index is 13.7. The Morgan fingerprint density at radius 1 is 0.806 bits per heavy atom. The van der Waals surface area contributed by atoms with Crippen LogP contribution in [0, 0.1) is 0 Å². The van der Waals surface area contributed by atoms with E-state index in [1.54, 1.807) is 23.1 Å². The Labute approximate surface area is 221 Å². The third-order valence-electron chi connectivity index (χ3n) is 6.17. The number of halogens is 2. The number of benzene rings is 3. The number of rotatable bonds is 4. The highest BCUT2D eigenvalue weighted by atomic mass is 35.5. The molecule has 0 fully saturated rings. The van der Waals surface area contributed by atoms with Crippen molar-refractivity contribution in [3.8, 4) is 11.3 Å². The summed E-state index contributed by atoms with van der Waals surface area (Å²) >= 11 is 12.2. The molecule has 1 aliphatic heterocycles. The van der Waals surface area contributed by atoms with Crippen molar-refractivity contribution in [2.75, 3.05) is 4.90 Å². The maximum atomic E-state index is 13.7. The molecule has 180 valence electrons. The Balaban J connectivity index is 1.52. The molecular formula is C31H25Cl2NO2. The molecule has 5 heteroatoms. The maximum Gasteiger partial charge on any atom is 0.263 e. The average molecular weight is 514 g/mol. The van der Waals surface area contributed by atoms with E-state index in [1.165, 1.54) is 5.56 Å². The standard InChI is InChI=1S/C31H25Cl2NO2/c1-31(2,3)23-10-12-24(13-11-23)34-28(20-7-5-4-6-8-20)19-22(30(34)35)17-25-14-16-29(36-25)21-9-15-26(32)27(33)18-21/h4-19H,1-3H3.